The van der Waals surface area contributed by atoms with Crippen LogP contribution in [-0.4, -0.2) is 33.4 Å². The predicted molar refractivity (Wildman–Crippen MR) is 90.9 cm³/mol. The summed E-state index contributed by atoms with van der Waals surface area (Å²) in [4.78, 5) is 18.4. The molecule has 3 heterocycles. The minimum Gasteiger partial charge on any atom is -0.341 e. The lowest BCUT2D eigenvalue weighted by Crippen LogP contribution is -2.30. The fourth-order valence-corrected chi connectivity index (χ4v) is 3.27. The molecule has 0 spiro atoms. The molecule has 6 heteroatoms. The monoisotopic (exact) mass is 341 g/mol. The molecule has 0 unspecified atom stereocenters. The Hall–Kier alpha value is -2.76. The van der Waals surface area contributed by atoms with Gasteiger partial charge in [-0.25, -0.2) is 8.78 Å². The van der Waals surface area contributed by atoms with Gasteiger partial charge in [-0.15, -0.1) is 0 Å². The Morgan fingerprint density at radius 2 is 1.80 bits per heavy atom. The zero-order chi connectivity index (χ0) is 17.4. The van der Waals surface area contributed by atoms with Crippen LogP contribution >= 0.6 is 0 Å². The van der Waals surface area contributed by atoms with Crippen molar-refractivity contribution in [3.05, 3.63) is 54.4 Å². The standard InChI is InChI=1S/C19H17F2N3O/c20-15-5-3-13(4-6-15)14-9-17-19(22-10-14)16(21)11-24(17)12-18(25)23-7-1-2-8-23/h3-6,9-11H,1-2,7-8,12H2. The van der Waals surface area contributed by atoms with Gasteiger partial charge in [0.2, 0.25) is 5.91 Å². The quantitative estimate of drug-likeness (QED) is 0.730. The van der Waals surface area contributed by atoms with Crippen molar-refractivity contribution < 1.29 is 13.6 Å². The van der Waals surface area contributed by atoms with Crippen molar-refractivity contribution in [3.63, 3.8) is 0 Å². The number of fused-ring (bicyclic) bond motifs is 1. The van der Waals surface area contributed by atoms with E-state index in [1.807, 2.05) is 0 Å². The lowest BCUT2D eigenvalue weighted by atomic mass is 10.1. The van der Waals surface area contributed by atoms with Crippen LogP contribution in [0.5, 0.6) is 0 Å². The topological polar surface area (TPSA) is 38.1 Å². The maximum atomic E-state index is 14.2. The number of nitrogens with zero attached hydrogens (tertiary/aromatic N) is 3. The molecule has 3 aromatic rings. The molecule has 25 heavy (non-hydrogen) atoms. The van der Waals surface area contributed by atoms with E-state index in [0.29, 0.717) is 5.52 Å². The molecule has 1 aliphatic rings. The number of amides is 1. The van der Waals surface area contributed by atoms with Crippen molar-refractivity contribution in [2.45, 2.75) is 19.4 Å². The molecule has 1 aromatic carbocycles. The number of halogens is 2. The van der Waals surface area contributed by atoms with Crippen molar-refractivity contribution in [1.82, 2.24) is 14.5 Å². The zero-order valence-corrected chi connectivity index (χ0v) is 13.6. The molecule has 0 radical (unpaired) electrons. The van der Waals surface area contributed by atoms with Crippen LogP contribution in [0.2, 0.25) is 0 Å². The van der Waals surface area contributed by atoms with Gasteiger partial charge in [-0.1, -0.05) is 12.1 Å². The number of carbonyl (C=O) groups excluding carboxylic acids is 1. The fourth-order valence-electron chi connectivity index (χ4n) is 3.27. The third-order valence-electron chi connectivity index (χ3n) is 4.61. The average Bonchev–Trinajstić information content (AvgIpc) is 3.25. The van der Waals surface area contributed by atoms with Gasteiger partial charge in [-0.3, -0.25) is 9.78 Å². The molecule has 0 atom stereocenters. The van der Waals surface area contributed by atoms with Gasteiger partial charge in [0.1, 0.15) is 17.9 Å². The van der Waals surface area contributed by atoms with E-state index in [-0.39, 0.29) is 23.8 Å². The first kappa shape index (κ1) is 15.7. The van der Waals surface area contributed by atoms with E-state index >= 15 is 0 Å². The van der Waals surface area contributed by atoms with E-state index in [2.05, 4.69) is 4.98 Å². The first-order chi connectivity index (χ1) is 12.1. The normalized spacial score (nSPS) is 14.4. The third-order valence-corrected chi connectivity index (χ3v) is 4.61. The van der Waals surface area contributed by atoms with Gasteiger partial charge in [0, 0.05) is 31.0 Å². The molecule has 1 aliphatic heterocycles. The van der Waals surface area contributed by atoms with E-state index in [1.54, 1.807) is 33.9 Å². The number of rotatable bonds is 3. The van der Waals surface area contributed by atoms with Crippen molar-refractivity contribution in [2.75, 3.05) is 13.1 Å². The highest BCUT2D eigenvalue weighted by Gasteiger charge is 2.20. The summed E-state index contributed by atoms with van der Waals surface area (Å²) in [6.45, 7) is 1.62. The summed E-state index contributed by atoms with van der Waals surface area (Å²) in [5, 5.41) is 0. The molecular weight excluding hydrogens is 324 g/mol. The summed E-state index contributed by atoms with van der Waals surface area (Å²) in [5.41, 5.74) is 2.34. The van der Waals surface area contributed by atoms with Gasteiger partial charge in [-0.05, 0) is 36.6 Å². The Kier molecular flexibility index (Phi) is 3.95. The SMILES string of the molecule is O=C(Cn1cc(F)c2ncc(-c3ccc(F)cc3)cc21)N1CCCC1. The van der Waals surface area contributed by atoms with Crippen LogP contribution in [0.15, 0.2) is 42.7 Å². The number of pyridine rings is 1. The highest BCUT2D eigenvalue weighted by molar-refractivity contribution is 5.84. The molecule has 0 saturated carbocycles. The molecule has 0 N–H and O–H groups in total. The van der Waals surface area contributed by atoms with Crippen molar-refractivity contribution >= 4 is 16.9 Å². The summed E-state index contributed by atoms with van der Waals surface area (Å²) >= 11 is 0. The van der Waals surface area contributed by atoms with Crippen LogP contribution in [-0.2, 0) is 11.3 Å². The Bertz CT molecular complexity index is 928. The Morgan fingerprint density at radius 1 is 1.08 bits per heavy atom. The van der Waals surface area contributed by atoms with Gasteiger partial charge >= 0.3 is 0 Å². The molecule has 1 fully saturated rings. The Labute approximate surface area is 143 Å². The summed E-state index contributed by atoms with van der Waals surface area (Å²) in [5.74, 6) is -0.778. The van der Waals surface area contributed by atoms with E-state index in [9.17, 15) is 13.6 Å². The Balaban J connectivity index is 1.70. The van der Waals surface area contributed by atoms with Crippen molar-refractivity contribution in [2.24, 2.45) is 0 Å². The number of likely N-dealkylation sites (tertiary alicyclic amines) is 1. The number of aromatic nitrogens is 2. The first-order valence-electron chi connectivity index (χ1n) is 8.30. The number of hydrogen-bond acceptors (Lipinski definition) is 2. The molecule has 0 bridgehead atoms. The predicted octanol–water partition coefficient (Wildman–Crippen LogP) is 3.60. The fraction of sp³-hybridized carbons (Fsp3) is 0.263. The summed E-state index contributed by atoms with van der Waals surface area (Å²) in [6, 6.07) is 7.83. The summed E-state index contributed by atoms with van der Waals surface area (Å²) in [7, 11) is 0. The summed E-state index contributed by atoms with van der Waals surface area (Å²) < 4.78 is 28.9. The van der Waals surface area contributed by atoms with Crippen LogP contribution in [0.25, 0.3) is 22.2 Å². The second-order valence-electron chi connectivity index (χ2n) is 6.29. The van der Waals surface area contributed by atoms with E-state index in [1.165, 1.54) is 18.3 Å². The second-order valence-corrected chi connectivity index (χ2v) is 6.29. The smallest absolute Gasteiger partial charge is 0.242 e. The molecule has 2 aromatic heterocycles. The molecule has 1 saturated heterocycles. The maximum absolute atomic E-state index is 14.2. The van der Waals surface area contributed by atoms with E-state index in [4.69, 9.17) is 0 Å². The zero-order valence-electron chi connectivity index (χ0n) is 13.6. The third kappa shape index (κ3) is 2.99. The second kappa shape index (κ2) is 6.27. The van der Waals surface area contributed by atoms with Gasteiger partial charge < -0.3 is 9.47 Å². The molecular formula is C19H17F2N3O. The summed E-state index contributed by atoms with van der Waals surface area (Å²) in [6.07, 6.45) is 4.91. The van der Waals surface area contributed by atoms with Gasteiger partial charge in [0.15, 0.2) is 5.82 Å². The van der Waals surface area contributed by atoms with Crippen molar-refractivity contribution in [1.29, 1.82) is 0 Å². The maximum Gasteiger partial charge on any atom is 0.242 e. The largest absolute Gasteiger partial charge is 0.341 e. The van der Waals surface area contributed by atoms with Crippen LogP contribution in [0.3, 0.4) is 0 Å². The highest BCUT2D eigenvalue weighted by Crippen LogP contribution is 2.25. The minimum absolute atomic E-state index is 0.0124. The molecule has 0 aliphatic carbocycles. The molecule has 128 valence electrons. The van der Waals surface area contributed by atoms with Crippen LogP contribution < -0.4 is 0 Å². The van der Waals surface area contributed by atoms with E-state index < -0.39 is 5.82 Å². The first-order valence-corrected chi connectivity index (χ1v) is 8.30. The molecule has 4 rings (SSSR count). The minimum atomic E-state index is -0.449. The van der Waals surface area contributed by atoms with Crippen LogP contribution in [0.4, 0.5) is 8.78 Å². The van der Waals surface area contributed by atoms with Gasteiger partial charge in [-0.2, -0.15) is 0 Å². The number of carbonyl (C=O) groups is 1. The van der Waals surface area contributed by atoms with Gasteiger partial charge in [0.05, 0.1) is 5.52 Å². The lowest BCUT2D eigenvalue weighted by molar-refractivity contribution is -0.130. The Morgan fingerprint density at radius 3 is 2.52 bits per heavy atom. The van der Waals surface area contributed by atoms with E-state index in [0.717, 1.165) is 37.1 Å². The number of benzene rings is 1. The average molecular weight is 341 g/mol. The van der Waals surface area contributed by atoms with Crippen LogP contribution in [0, 0.1) is 11.6 Å². The lowest BCUT2D eigenvalue weighted by Gasteiger charge is -2.16. The van der Waals surface area contributed by atoms with Gasteiger partial charge in [0.25, 0.3) is 0 Å². The number of hydrogen-bond donors (Lipinski definition) is 0. The molecule has 4 nitrogen and oxygen atoms in total. The van der Waals surface area contributed by atoms with Crippen LogP contribution in [0.1, 0.15) is 12.8 Å². The highest BCUT2D eigenvalue weighted by atomic mass is 19.1. The van der Waals surface area contributed by atoms with Crippen molar-refractivity contribution in [3.8, 4) is 11.1 Å². The molecule has 1 amide bonds.